The van der Waals surface area contributed by atoms with Crippen LogP contribution in [0.3, 0.4) is 0 Å². The lowest BCUT2D eigenvalue weighted by molar-refractivity contribution is -0.267. The molecule has 0 fully saturated rings. The van der Waals surface area contributed by atoms with Crippen LogP contribution in [0.4, 0.5) is 5.69 Å². The Morgan fingerprint density at radius 3 is 2.21 bits per heavy atom. The number of sulfonamides is 1. The van der Waals surface area contributed by atoms with E-state index in [1.165, 1.54) is 18.2 Å². The molecular weight excluding hydrogens is 455 g/mol. The minimum absolute atomic E-state index is 0.00106. The van der Waals surface area contributed by atoms with Gasteiger partial charge < -0.3 is 10.4 Å². The third kappa shape index (κ3) is 4.85. The van der Waals surface area contributed by atoms with E-state index in [1.54, 1.807) is 42.5 Å². The Balaban J connectivity index is 2.12. The van der Waals surface area contributed by atoms with Crippen molar-refractivity contribution in [2.45, 2.75) is 11.8 Å². The third-order valence-electron chi connectivity index (χ3n) is 3.95. The van der Waals surface area contributed by atoms with E-state index < -0.39 is 15.8 Å². The van der Waals surface area contributed by atoms with Crippen molar-refractivity contribution in [3.05, 3.63) is 86.9 Å². The lowest BCUT2D eigenvalue weighted by atomic mass is 10.2. The summed E-state index contributed by atoms with van der Waals surface area (Å²) in [6, 6.07) is 16.2. The fourth-order valence-corrected chi connectivity index (χ4v) is 4.04. The molecule has 0 radical (unpaired) electrons. The van der Waals surface area contributed by atoms with E-state index in [0.717, 1.165) is 5.56 Å². The van der Waals surface area contributed by atoms with E-state index in [9.17, 15) is 13.5 Å². The molecule has 3 rings (SSSR count). The molecule has 0 aliphatic carbocycles. The molecule has 29 heavy (non-hydrogen) atoms. The van der Waals surface area contributed by atoms with Crippen molar-refractivity contribution in [3.8, 4) is 5.75 Å². The minimum atomic E-state index is -4.03. The molecule has 150 valence electrons. The normalized spacial score (nSPS) is 12.1. The Kier molecular flexibility index (Phi) is 6.39. The molecule has 1 N–H and O–H groups in total. The lowest BCUT2D eigenvalue weighted by Crippen LogP contribution is -2.17. The standard InChI is InChI=1S/C20H15Cl3N2O3S/c1-12-7-9-14(10-8-12)29(27,28)25-20(13-5-3-2-4-6-13)24-16-11-15(21)19(26)18(23)17(16)22/h2-11,26H,1H3,(H,24,25)/p-1. The number of amidine groups is 1. The maximum absolute atomic E-state index is 12.8. The average Bonchev–Trinajstić information content (AvgIpc) is 2.70. The van der Waals surface area contributed by atoms with Crippen LogP contribution in [0.1, 0.15) is 11.1 Å². The Bertz CT molecular complexity index is 1180. The topological polar surface area (TPSA) is 81.6 Å². The fraction of sp³-hybridized carbons (Fsp3) is 0.0500. The second-order valence-corrected chi connectivity index (χ2v) is 8.85. The van der Waals surface area contributed by atoms with E-state index in [0.29, 0.717) is 5.56 Å². The molecule has 0 amide bonds. The number of rotatable bonds is 4. The highest BCUT2D eigenvalue weighted by Crippen LogP contribution is 2.40. The van der Waals surface area contributed by atoms with Gasteiger partial charge in [0.15, 0.2) is 5.84 Å². The second kappa shape index (κ2) is 8.63. The summed E-state index contributed by atoms with van der Waals surface area (Å²) in [6.45, 7) is 1.85. The number of hydrogen-bond acceptors (Lipinski definition) is 3. The van der Waals surface area contributed by atoms with Crippen LogP contribution < -0.4 is 10.4 Å². The molecule has 0 atom stereocenters. The van der Waals surface area contributed by atoms with Gasteiger partial charge in [0.2, 0.25) is 0 Å². The SMILES string of the molecule is Cc1ccc(S(=O)(=O)N=C(Nc2cc(Cl)c([O-])c(Cl)c2Cl)c2ccccc2)cc1. The summed E-state index contributed by atoms with van der Waals surface area (Å²) >= 11 is 18.0. The van der Waals surface area contributed by atoms with E-state index in [2.05, 4.69) is 9.71 Å². The van der Waals surface area contributed by atoms with Crippen LogP contribution in [0.2, 0.25) is 15.1 Å². The molecular formula is C20H14Cl3N2O3S-. The zero-order chi connectivity index (χ0) is 21.2. The van der Waals surface area contributed by atoms with Crippen molar-refractivity contribution in [1.82, 2.24) is 0 Å². The minimum Gasteiger partial charge on any atom is -0.870 e. The number of hydrogen-bond donors (Lipinski definition) is 1. The molecule has 0 aromatic heterocycles. The molecule has 3 aromatic carbocycles. The summed E-state index contributed by atoms with van der Waals surface area (Å²) in [6.07, 6.45) is 0. The first-order chi connectivity index (χ1) is 13.7. The largest absolute Gasteiger partial charge is 0.870 e. The van der Waals surface area contributed by atoms with Crippen LogP contribution in [0.15, 0.2) is 70.0 Å². The predicted octanol–water partition coefficient (Wildman–Crippen LogP) is 5.28. The summed E-state index contributed by atoms with van der Waals surface area (Å²) in [5, 5.41) is 14.2. The Morgan fingerprint density at radius 1 is 0.966 bits per heavy atom. The molecule has 0 bridgehead atoms. The number of anilines is 1. The zero-order valence-corrected chi connectivity index (χ0v) is 18.1. The second-order valence-electron chi connectivity index (χ2n) is 6.08. The van der Waals surface area contributed by atoms with Gasteiger partial charge in [-0.05, 0) is 25.1 Å². The number of nitrogens with one attached hydrogen (secondary N) is 1. The third-order valence-corrected chi connectivity index (χ3v) is 6.37. The first-order valence-corrected chi connectivity index (χ1v) is 10.8. The summed E-state index contributed by atoms with van der Waals surface area (Å²) in [5.74, 6) is -0.617. The van der Waals surface area contributed by atoms with Crippen molar-refractivity contribution in [3.63, 3.8) is 0 Å². The molecule has 9 heteroatoms. The number of halogens is 3. The van der Waals surface area contributed by atoms with Crippen LogP contribution in [-0.2, 0) is 10.0 Å². The van der Waals surface area contributed by atoms with Gasteiger partial charge in [0, 0.05) is 10.6 Å². The number of nitrogens with zero attached hydrogens (tertiary/aromatic N) is 1. The van der Waals surface area contributed by atoms with Crippen molar-refractivity contribution < 1.29 is 13.5 Å². The molecule has 0 saturated carbocycles. The predicted molar refractivity (Wildman–Crippen MR) is 116 cm³/mol. The first kappa shape index (κ1) is 21.5. The Morgan fingerprint density at radius 2 is 1.59 bits per heavy atom. The smallest absolute Gasteiger partial charge is 0.284 e. The van der Waals surface area contributed by atoms with Gasteiger partial charge in [0.25, 0.3) is 10.0 Å². The van der Waals surface area contributed by atoms with Crippen LogP contribution in [0.25, 0.3) is 0 Å². The van der Waals surface area contributed by atoms with Crippen molar-refractivity contribution in [2.75, 3.05) is 5.32 Å². The Labute approximate surface area is 183 Å². The number of benzene rings is 3. The van der Waals surface area contributed by atoms with E-state index in [-0.39, 0.29) is 31.5 Å². The molecule has 0 unspecified atom stereocenters. The Hall–Kier alpha value is -2.25. The van der Waals surface area contributed by atoms with Crippen LogP contribution in [-0.4, -0.2) is 14.3 Å². The van der Waals surface area contributed by atoms with Gasteiger partial charge in [-0.3, -0.25) is 0 Å². The number of aryl methyl sites for hydroxylation is 1. The molecule has 0 heterocycles. The average molecular weight is 469 g/mol. The van der Waals surface area contributed by atoms with Gasteiger partial charge >= 0.3 is 0 Å². The summed E-state index contributed by atoms with van der Waals surface area (Å²) in [4.78, 5) is 0.0374. The van der Waals surface area contributed by atoms with Gasteiger partial charge in [-0.1, -0.05) is 88.6 Å². The van der Waals surface area contributed by atoms with Crippen molar-refractivity contribution in [2.24, 2.45) is 4.40 Å². The van der Waals surface area contributed by atoms with Crippen LogP contribution in [0, 0.1) is 6.92 Å². The monoisotopic (exact) mass is 467 g/mol. The lowest BCUT2D eigenvalue weighted by Gasteiger charge is -2.18. The van der Waals surface area contributed by atoms with E-state index in [4.69, 9.17) is 34.8 Å². The fourth-order valence-electron chi connectivity index (χ4n) is 2.42. The van der Waals surface area contributed by atoms with Gasteiger partial charge in [0.1, 0.15) is 0 Å². The molecule has 3 aromatic rings. The summed E-state index contributed by atoms with van der Waals surface area (Å²) in [5.41, 5.74) is 1.56. The van der Waals surface area contributed by atoms with E-state index in [1.807, 2.05) is 6.92 Å². The maximum atomic E-state index is 12.8. The highest BCUT2D eigenvalue weighted by atomic mass is 35.5. The van der Waals surface area contributed by atoms with E-state index >= 15 is 0 Å². The highest BCUT2D eigenvalue weighted by Gasteiger charge is 2.18. The van der Waals surface area contributed by atoms with Gasteiger partial charge in [-0.2, -0.15) is 8.42 Å². The highest BCUT2D eigenvalue weighted by molar-refractivity contribution is 7.90. The molecule has 0 aliphatic rings. The first-order valence-electron chi connectivity index (χ1n) is 8.27. The van der Waals surface area contributed by atoms with Gasteiger partial charge in [0.05, 0.1) is 20.6 Å². The quantitative estimate of drug-likeness (QED) is 0.321. The molecule has 5 nitrogen and oxygen atoms in total. The molecule has 0 spiro atoms. The van der Waals surface area contributed by atoms with Crippen molar-refractivity contribution in [1.29, 1.82) is 0 Å². The zero-order valence-electron chi connectivity index (χ0n) is 15.0. The van der Waals surface area contributed by atoms with Gasteiger partial charge in [-0.15, -0.1) is 4.40 Å². The summed E-state index contributed by atoms with van der Waals surface area (Å²) < 4.78 is 29.6. The summed E-state index contributed by atoms with van der Waals surface area (Å²) in [7, 11) is -4.03. The van der Waals surface area contributed by atoms with Crippen LogP contribution in [0.5, 0.6) is 5.75 Å². The van der Waals surface area contributed by atoms with Gasteiger partial charge in [-0.25, -0.2) is 0 Å². The maximum Gasteiger partial charge on any atom is 0.284 e. The molecule has 0 saturated heterocycles. The molecule has 0 aliphatic heterocycles. The van der Waals surface area contributed by atoms with Crippen LogP contribution >= 0.6 is 34.8 Å². The van der Waals surface area contributed by atoms with Crippen molar-refractivity contribution >= 4 is 56.3 Å².